The molecule has 31 heavy (non-hydrogen) atoms. The monoisotopic (exact) mass is 430 g/mol. The largest absolute Gasteiger partial charge is 0.324 e. The van der Waals surface area contributed by atoms with Gasteiger partial charge in [-0.05, 0) is 31.0 Å². The topological polar surface area (TPSA) is 96.5 Å². The maximum Gasteiger partial charge on any atom is 0.238 e. The molecule has 0 aliphatic heterocycles. The van der Waals surface area contributed by atoms with Gasteiger partial charge in [-0.25, -0.2) is 4.98 Å². The number of amides is 1. The van der Waals surface area contributed by atoms with Gasteiger partial charge >= 0.3 is 0 Å². The number of aromatic nitrogens is 4. The minimum Gasteiger partial charge on any atom is -0.324 e. The van der Waals surface area contributed by atoms with E-state index in [1.165, 1.54) is 11.8 Å². The minimum absolute atomic E-state index is 0.187. The van der Waals surface area contributed by atoms with Crippen LogP contribution in [0.5, 0.6) is 0 Å². The zero-order valence-corrected chi connectivity index (χ0v) is 18.2. The molecular weight excluding hydrogens is 408 g/mol. The predicted molar refractivity (Wildman–Crippen MR) is 123 cm³/mol. The molecule has 2 aromatic carbocycles. The van der Waals surface area contributed by atoms with Crippen molar-refractivity contribution >= 4 is 45.4 Å². The summed E-state index contributed by atoms with van der Waals surface area (Å²) in [5.74, 6) is -0.187. The lowest BCUT2D eigenvalue weighted by Crippen LogP contribution is -2.25. The summed E-state index contributed by atoms with van der Waals surface area (Å²) < 4.78 is 2.16. The van der Waals surface area contributed by atoms with Crippen LogP contribution < -0.4 is 5.32 Å². The third kappa shape index (κ3) is 4.09. The van der Waals surface area contributed by atoms with E-state index in [1.54, 1.807) is 24.3 Å². The minimum atomic E-state index is -0.407. The molecular formula is C23H22N6OS. The second-order valence-electron chi connectivity index (χ2n) is 7.10. The molecule has 1 atom stereocenters. The van der Waals surface area contributed by atoms with Crippen molar-refractivity contribution < 1.29 is 4.79 Å². The van der Waals surface area contributed by atoms with Crippen LogP contribution in [0.3, 0.4) is 0 Å². The highest BCUT2D eigenvalue weighted by atomic mass is 32.2. The second kappa shape index (κ2) is 9.14. The highest BCUT2D eigenvalue weighted by Crippen LogP contribution is 2.29. The molecule has 0 fully saturated rings. The number of hydrogen-bond acceptors (Lipinski definition) is 6. The average molecular weight is 431 g/mol. The lowest BCUT2D eigenvalue weighted by molar-refractivity contribution is -0.115. The summed E-state index contributed by atoms with van der Waals surface area (Å²) in [6, 6.07) is 17.1. The zero-order valence-electron chi connectivity index (χ0n) is 17.4. The van der Waals surface area contributed by atoms with Crippen LogP contribution in [0.2, 0.25) is 0 Å². The van der Waals surface area contributed by atoms with Gasteiger partial charge in [-0.3, -0.25) is 4.79 Å². The van der Waals surface area contributed by atoms with Crippen LogP contribution in [0.1, 0.15) is 32.3 Å². The van der Waals surface area contributed by atoms with Crippen molar-refractivity contribution in [3.05, 3.63) is 54.1 Å². The highest BCUT2D eigenvalue weighted by Gasteiger charge is 2.22. The average Bonchev–Trinajstić information content (AvgIpc) is 3.11. The summed E-state index contributed by atoms with van der Waals surface area (Å²) in [4.78, 5) is 17.6. The van der Waals surface area contributed by atoms with Gasteiger partial charge in [0.05, 0.1) is 22.0 Å². The zero-order chi connectivity index (χ0) is 21.8. The van der Waals surface area contributed by atoms with E-state index in [9.17, 15) is 10.1 Å². The Kier molecular flexibility index (Phi) is 6.14. The summed E-state index contributed by atoms with van der Waals surface area (Å²) in [5, 5.41) is 21.9. The SMILES string of the molecule is CCCn1c2ccccc2c2nnc(S[C@H](CC)C(=O)Nc3ccccc3C#N)nc21. The second-order valence-corrected chi connectivity index (χ2v) is 8.27. The number of carbonyl (C=O) groups is 1. The van der Waals surface area contributed by atoms with E-state index in [4.69, 9.17) is 4.98 Å². The van der Waals surface area contributed by atoms with Crippen LogP contribution in [0.4, 0.5) is 5.69 Å². The van der Waals surface area contributed by atoms with Crippen molar-refractivity contribution in [3.63, 3.8) is 0 Å². The van der Waals surface area contributed by atoms with Crippen molar-refractivity contribution in [2.24, 2.45) is 0 Å². The maximum absolute atomic E-state index is 12.9. The van der Waals surface area contributed by atoms with Crippen molar-refractivity contribution in [1.29, 1.82) is 5.26 Å². The fourth-order valence-corrected chi connectivity index (χ4v) is 4.36. The summed E-state index contributed by atoms with van der Waals surface area (Å²) >= 11 is 1.29. The molecule has 156 valence electrons. The molecule has 0 spiro atoms. The standard InChI is InChI=1S/C23H22N6OS/c1-3-13-29-18-12-8-6-10-16(18)20-21(29)26-23(28-27-20)31-19(4-2)22(30)25-17-11-7-5-9-15(17)14-24/h5-12,19H,3-4,13H2,1-2H3,(H,25,30)/t19-/m1/s1. The Labute approximate surface area is 184 Å². The first-order valence-corrected chi connectivity index (χ1v) is 11.1. The van der Waals surface area contributed by atoms with E-state index < -0.39 is 5.25 Å². The van der Waals surface area contributed by atoms with Crippen LogP contribution in [-0.4, -0.2) is 30.9 Å². The van der Waals surface area contributed by atoms with E-state index in [1.807, 2.05) is 25.1 Å². The number of nitriles is 1. The third-order valence-electron chi connectivity index (χ3n) is 5.02. The number of anilines is 1. The molecule has 0 unspecified atom stereocenters. The third-order valence-corrected chi connectivity index (χ3v) is 6.23. The number of aryl methyl sites for hydroxylation is 1. The van der Waals surface area contributed by atoms with Crippen LogP contribution >= 0.6 is 11.8 Å². The molecule has 4 rings (SSSR count). The molecule has 8 heteroatoms. The van der Waals surface area contributed by atoms with E-state index in [2.05, 4.69) is 39.1 Å². The Bertz CT molecular complexity index is 1290. The predicted octanol–water partition coefficient (Wildman–Crippen LogP) is 4.77. The summed E-state index contributed by atoms with van der Waals surface area (Å²) in [5.41, 5.74) is 3.58. The fraction of sp³-hybridized carbons (Fsp3) is 0.261. The van der Waals surface area contributed by atoms with Crippen LogP contribution in [0.25, 0.3) is 22.1 Å². The first-order valence-electron chi connectivity index (χ1n) is 10.2. The maximum atomic E-state index is 12.9. The van der Waals surface area contributed by atoms with E-state index in [-0.39, 0.29) is 5.91 Å². The van der Waals surface area contributed by atoms with E-state index in [0.717, 1.165) is 35.0 Å². The number of nitrogens with one attached hydrogen (secondary N) is 1. The number of benzene rings is 2. The number of carbonyl (C=O) groups excluding carboxylic acids is 1. The molecule has 0 aliphatic carbocycles. The number of nitrogens with zero attached hydrogens (tertiary/aromatic N) is 5. The highest BCUT2D eigenvalue weighted by molar-refractivity contribution is 8.00. The number of rotatable bonds is 7. The van der Waals surface area contributed by atoms with Crippen LogP contribution in [0.15, 0.2) is 53.7 Å². The number of fused-ring (bicyclic) bond motifs is 3. The molecule has 0 bridgehead atoms. The van der Waals surface area contributed by atoms with Gasteiger partial charge < -0.3 is 9.88 Å². The lowest BCUT2D eigenvalue weighted by Gasteiger charge is -2.14. The molecule has 2 heterocycles. The van der Waals surface area contributed by atoms with E-state index in [0.29, 0.717) is 22.8 Å². The Morgan fingerprint density at radius 3 is 2.71 bits per heavy atom. The van der Waals surface area contributed by atoms with Crippen LogP contribution in [-0.2, 0) is 11.3 Å². The van der Waals surface area contributed by atoms with Gasteiger partial charge in [0.1, 0.15) is 11.6 Å². The van der Waals surface area contributed by atoms with Gasteiger partial charge in [0.15, 0.2) is 5.65 Å². The van der Waals surface area contributed by atoms with Crippen LogP contribution in [0, 0.1) is 11.3 Å². The van der Waals surface area contributed by atoms with Gasteiger partial charge in [-0.15, -0.1) is 10.2 Å². The van der Waals surface area contributed by atoms with Gasteiger partial charge in [0.25, 0.3) is 0 Å². The number of para-hydroxylation sites is 2. The Hall–Kier alpha value is -3.44. The quantitative estimate of drug-likeness (QED) is 0.424. The molecule has 0 aliphatic rings. The summed E-state index contributed by atoms with van der Waals surface area (Å²) in [6.07, 6.45) is 1.56. The smallest absolute Gasteiger partial charge is 0.238 e. The van der Waals surface area contributed by atoms with Gasteiger partial charge in [-0.1, -0.05) is 55.9 Å². The van der Waals surface area contributed by atoms with Crippen molar-refractivity contribution in [2.75, 3.05) is 5.32 Å². The van der Waals surface area contributed by atoms with E-state index >= 15 is 0 Å². The summed E-state index contributed by atoms with van der Waals surface area (Å²) in [6.45, 7) is 4.89. The molecule has 4 aromatic rings. The fourth-order valence-electron chi connectivity index (χ4n) is 3.54. The Balaban J connectivity index is 1.63. The molecule has 1 N–H and O–H groups in total. The number of hydrogen-bond donors (Lipinski definition) is 1. The van der Waals surface area contributed by atoms with Crippen molar-refractivity contribution in [1.82, 2.24) is 19.7 Å². The lowest BCUT2D eigenvalue weighted by atomic mass is 10.2. The van der Waals surface area contributed by atoms with Crippen molar-refractivity contribution in [3.8, 4) is 6.07 Å². The van der Waals surface area contributed by atoms with Gasteiger partial charge in [-0.2, -0.15) is 5.26 Å². The molecule has 0 saturated carbocycles. The van der Waals surface area contributed by atoms with Gasteiger partial charge in [0.2, 0.25) is 11.1 Å². The first-order chi connectivity index (χ1) is 15.2. The molecule has 0 radical (unpaired) electrons. The summed E-state index contributed by atoms with van der Waals surface area (Å²) in [7, 11) is 0. The molecule has 7 nitrogen and oxygen atoms in total. The molecule has 1 amide bonds. The number of thioether (sulfide) groups is 1. The Morgan fingerprint density at radius 2 is 1.94 bits per heavy atom. The molecule has 0 saturated heterocycles. The van der Waals surface area contributed by atoms with Crippen molar-refractivity contribution in [2.45, 2.75) is 43.6 Å². The van der Waals surface area contributed by atoms with Gasteiger partial charge in [0, 0.05) is 11.9 Å². The normalized spacial score (nSPS) is 12.0. The Morgan fingerprint density at radius 1 is 1.16 bits per heavy atom. The first kappa shape index (κ1) is 20.8. The molecule has 2 aromatic heterocycles.